The van der Waals surface area contributed by atoms with Crippen molar-refractivity contribution in [2.24, 2.45) is 5.11 Å². The van der Waals surface area contributed by atoms with Gasteiger partial charge in [0.1, 0.15) is 5.75 Å². The fourth-order valence-corrected chi connectivity index (χ4v) is 2.97. The summed E-state index contributed by atoms with van der Waals surface area (Å²) in [6.45, 7) is 3.69. The SMILES string of the molecule is CCCc1ccc(OCCCCCCCCCCCCN=[N+]=[N-])cc1. The van der Waals surface area contributed by atoms with Crippen molar-refractivity contribution in [2.45, 2.75) is 84.0 Å². The molecule has 140 valence electrons. The molecule has 1 aromatic rings. The molecule has 0 saturated heterocycles. The maximum absolute atomic E-state index is 8.18. The highest BCUT2D eigenvalue weighted by molar-refractivity contribution is 5.27. The van der Waals surface area contributed by atoms with Gasteiger partial charge in [-0.3, -0.25) is 0 Å². The Morgan fingerprint density at radius 1 is 0.840 bits per heavy atom. The maximum atomic E-state index is 8.18. The Hall–Kier alpha value is -1.67. The molecule has 0 radical (unpaired) electrons. The summed E-state index contributed by atoms with van der Waals surface area (Å²) < 4.78 is 5.81. The second-order valence-electron chi connectivity index (χ2n) is 6.73. The first-order valence-electron chi connectivity index (χ1n) is 10.1. The van der Waals surface area contributed by atoms with E-state index in [1.54, 1.807) is 0 Å². The van der Waals surface area contributed by atoms with E-state index in [1.165, 1.54) is 63.4 Å². The summed E-state index contributed by atoms with van der Waals surface area (Å²) in [5.74, 6) is 1.00. The number of rotatable bonds is 16. The van der Waals surface area contributed by atoms with Crippen LogP contribution in [0.4, 0.5) is 0 Å². The first-order valence-corrected chi connectivity index (χ1v) is 10.1. The lowest BCUT2D eigenvalue weighted by Crippen LogP contribution is -1.97. The summed E-state index contributed by atoms with van der Waals surface area (Å²) >= 11 is 0. The Kier molecular flexibility index (Phi) is 13.5. The summed E-state index contributed by atoms with van der Waals surface area (Å²) in [4.78, 5) is 2.77. The zero-order valence-corrected chi connectivity index (χ0v) is 16.0. The third kappa shape index (κ3) is 12.4. The number of hydrogen-bond acceptors (Lipinski definition) is 2. The highest BCUT2D eigenvalue weighted by atomic mass is 16.5. The summed E-state index contributed by atoms with van der Waals surface area (Å²) in [7, 11) is 0. The Labute approximate surface area is 153 Å². The molecular weight excluding hydrogens is 310 g/mol. The van der Waals surface area contributed by atoms with Gasteiger partial charge in [-0.1, -0.05) is 82.0 Å². The Balaban J connectivity index is 1.85. The first-order chi connectivity index (χ1) is 12.4. The molecule has 0 aliphatic carbocycles. The van der Waals surface area contributed by atoms with Crippen LogP contribution in [0.3, 0.4) is 0 Å². The van der Waals surface area contributed by atoms with Crippen LogP contribution in [0.25, 0.3) is 10.4 Å². The minimum Gasteiger partial charge on any atom is -0.494 e. The molecule has 0 saturated carbocycles. The van der Waals surface area contributed by atoms with E-state index in [0.29, 0.717) is 6.54 Å². The summed E-state index contributed by atoms with van der Waals surface area (Å²) in [5, 5.41) is 3.56. The van der Waals surface area contributed by atoms with Gasteiger partial charge in [0.15, 0.2) is 0 Å². The van der Waals surface area contributed by atoms with Gasteiger partial charge < -0.3 is 4.74 Å². The molecule has 0 fully saturated rings. The van der Waals surface area contributed by atoms with E-state index in [0.717, 1.165) is 31.6 Å². The van der Waals surface area contributed by atoms with Gasteiger partial charge in [0.2, 0.25) is 0 Å². The average Bonchev–Trinajstić information content (AvgIpc) is 2.63. The molecule has 0 unspecified atom stereocenters. The Morgan fingerprint density at radius 3 is 1.96 bits per heavy atom. The summed E-state index contributed by atoms with van der Waals surface area (Å²) in [5.41, 5.74) is 9.57. The number of nitrogens with zero attached hydrogens (tertiary/aromatic N) is 3. The molecule has 25 heavy (non-hydrogen) atoms. The second-order valence-corrected chi connectivity index (χ2v) is 6.73. The maximum Gasteiger partial charge on any atom is 0.119 e. The van der Waals surface area contributed by atoms with Crippen LogP contribution in [-0.2, 0) is 6.42 Å². The minimum absolute atomic E-state index is 0.654. The molecule has 1 aromatic carbocycles. The highest BCUT2D eigenvalue weighted by Gasteiger charge is 1.96. The van der Waals surface area contributed by atoms with E-state index in [2.05, 4.69) is 41.2 Å². The zero-order chi connectivity index (χ0) is 18.0. The van der Waals surface area contributed by atoms with Crippen LogP contribution < -0.4 is 4.74 Å². The van der Waals surface area contributed by atoms with Gasteiger partial charge in [-0.2, -0.15) is 0 Å². The normalized spacial score (nSPS) is 10.4. The topological polar surface area (TPSA) is 58.0 Å². The fraction of sp³-hybridized carbons (Fsp3) is 0.714. The summed E-state index contributed by atoms with van der Waals surface area (Å²) in [6, 6.07) is 8.54. The lowest BCUT2D eigenvalue weighted by molar-refractivity contribution is 0.304. The first kappa shape index (κ1) is 21.4. The van der Waals surface area contributed by atoms with Crippen molar-refractivity contribution < 1.29 is 4.74 Å². The molecule has 0 amide bonds. The number of ether oxygens (including phenoxy) is 1. The molecule has 0 spiro atoms. The molecule has 0 aromatic heterocycles. The van der Waals surface area contributed by atoms with Gasteiger partial charge in [-0.15, -0.1) is 0 Å². The highest BCUT2D eigenvalue weighted by Crippen LogP contribution is 2.15. The van der Waals surface area contributed by atoms with E-state index in [4.69, 9.17) is 10.3 Å². The van der Waals surface area contributed by atoms with Crippen LogP contribution in [0.2, 0.25) is 0 Å². The predicted octanol–water partition coefficient (Wildman–Crippen LogP) is 7.23. The molecule has 1 rings (SSSR count). The molecule has 4 heteroatoms. The molecule has 0 heterocycles. The predicted molar refractivity (Wildman–Crippen MR) is 106 cm³/mol. The molecule has 4 nitrogen and oxygen atoms in total. The van der Waals surface area contributed by atoms with Crippen molar-refractivity contribution in [3.05, 3.63) is 40.3 Å². The van der Waals surface area contributed by atoms with Gasteiger partial charge in [-0.05, 0) is 42.5 Å². The number of azide groups is 1. The molecular formula is C21H35N3O. The van der Waals surface area contributed by atoms with Gasteiger partial charge >= 0.3 is 0 Å². The van der Waals surface area contributed by atoms with Crippen LogP contribution in [0.1, 0.15) is 83.1 Å². The average molecular weight is 346 g/mol. The van der Waals surface area contributed by atoms with E-state index in [9.17, 15) is 0 Å². The molecule has 0 atom stereocenters. The molecule has 0 N–H and O–H groups in total. The van der Waals surface area contributed by atoms with Crippen molar-refractivity contribution >= 4 is 0 Å². The Bertz CT molecular complexity index is 467. The van der Waals surface area contributed by atoms with Crippen LogP contribution in [0, 0.1) is 0 Å². The van der Waals surface area contributed by atoms with E-state index in [-0.39, 0.29) is 0 Å². The van der Waals surface area contributed by atoms with E-state index >= 15 is 0 Å². The Morgan fingerprint density at radius 2 is 1.40 bits per heavy atom. The third-order valence-corrected chi connectivity index (χ3v) is 4.45. The number of hydrogen-bond donors (Lipinski definition) is 0. The van der Waals surface area contributed by atoms with Crippen LogP contribution in [0.5, 0.6) is 5.75 Å². The molecule has 0 aliphatic rings. The monoisotopic (exact) mass is 345 g/mol. The largest absolute Gasteiger partial charge is 0.494 e. The zero-order valence-electron chi connectivity index (χ0n) is 16.0. The number of unbranched alkanes of at least 4 members (excludes halogenated alkanes) is 9. The van der Waals surface area contributed by atoms with Gasteiger partial charge in [0.25, 0.3) is 0 Å². The van der Waals surface area contributed by atoms with Crippen LogP contribution in [-0.4, -0.2) is 13.2 Å². The van der Waals surface area contributed by atoms with Crippen LogP contribution in [0.15, 0.2) is 29.4 Å². The van der Waals surface area contributed by atoms with Gasteiger partial charge in [-0.25, -0.2) is 0 Å². The van der Waals surface area contributed by atoms with Crippen molar-refractivity contribution in [3.63, 3.8) is 0 Å². The van der Waals surface area contributed by atoms with Crippen molar-refractivity contribution in [2.75, 3.05) is 13.2 Å². The molecule has 0 aliphatic heterocycles. The van der Waals surface area contributed by atoms with Gasteiger partial charge in [0.05, 0.1) is 6.61 Å². The van der Waals surface area contributed by atoms with Gasteiger partial charge in [0, 0.05) is 11.5 Å². The number of aryl methyl sites for hydroxylation is 1. The minimum atomic E-state index is 0.654. The summed E-state index contributed by atoms with van der Waals surface area (Å²) in [6.07, 6.45) is 14.9. The van der Waals surface area contributed by atoms with Crippen molar-refractivity contribution in [1.82, 2.24) is 0 Å². The quantitative estimate of drug-likeness (QED) is 0.135. The molecule has 0 bridgehead atoms. The van der Waals surface area contributed by atoms with Crippen molar-refractivity contribution in [3.8, 4) is 5.75 Å². The number of benzene rings is 1. The second kappa shape index (κ2) is 15.8. The van der Waals surface area contributed by atoms with Crippen LogP contribution >= 0.6 is 0 Å². The standard InChI is InChI=1S/C21H35N3O/c1-2-13-20-14-16-21(17-15-20)25-19-12-10-8-6-4-3-5-7-9-11-18-23-24-22/h14-17H,2-13,18-19H2,1H3. The lowest BCUT2D eigenvalue weighted by Gasteiger charge is -2.07. The third-order valence-electron chi connectivity index (χ3n) is 4.45. The lowest BCUT2D eigenvalue weighted by atomic mass is 10.1. The van der Waals surface area contributed by atoms with E-state index < -0.39 is 0 Å². The fourth-order valence-electron chi connectivity index (χ4n) is 2.97. The smallest absolute Gasteiger partial charge is 0.119 e. The van der Waals surface area contributed by atoms with Crippen molar-refractivity contribution in [1.29, 1.82) is 0 Å². The van der Waals surface area contributed by atoms with E-state index in [1.807, 2.05) is 0 Å².